The molecule has 3 nitrogen and oxygen atoms in total. The Kier molecular flexibility index (Phi) is 4.45. The number of ether oxygens (including phenoxy) is 2. The van der Waals surface area contributed by atoms with Crippen LogP contribution in [0.15, 0.2) is 30.3 Å². The standard InChI is InChI=1S/C13H16O3S/c14-13(16-11-6-7-15-9-11)12(17)8-10-4-2-1-3-5-10/h1-5,11-12,17H,6-9H2. The van der Waals surface area contributed by atoms with Crippen molar-refractivity contribution in [2.45, 2.75) is 24.2 Å². The highest BCUT2D eigenvalue weighted by Gasteiger charge is 2.23. The average molecular weight is 252 g/mol. The van der Waals surface area contributed by atoms with Crippen LogP contribution in [0.25, 0.3) is 0 Å². The molecule has 0 N–H and O–H groups in total. The molecule has 92 valence electrons. The monoisotopic (exact) mass is 252 g/mol. The van der Waals surface area contributed by atoms with Crippen LogP contribution in [-0.4, -0.2) is 30.5 Å². The summed E-state index contributed by atoms with van der Waals surface area (Å²) in [6.07, 6.45) is 1.29. The van der Waals surface area contributed by atoms with Crippen LogP contribution in [0.5, 0.6) is 0 Å². The Bertz CT molecular complexity index is 360. The minimum Gasteiger partial charge on any atom is -0.459 e. The summed E-state index contributed by atoms with van der Waals surface area (Å²) in [5, 5.41) is -0.405. The van der Waals surface area contributed by atoms with Gasteiger partial charge in [-0.2, -0.15) is 12.6 Å². The predicted molar refractivity (Wildman–Crippen MR) is 68.2 cm³/mol. The summed E-state index contributed by atoms with van der Waals surface area (Å²) in [5.74, 6) is -0.257. The number of hydrogen-bond acceptors (Lipinski definition) is 4. The molecule has 1 saturated heterocycles. The maximum absolute atomic E-state index is 11.7. The molecule has 1 aliphatic heterocycles. The first-order chi connectivity index (χ1) is 8.25. The molecule has 1 aromatic carbocycles. The highest BCUT2D eigenvalue weighted by molar-refractivity contribution is 7.81. The van der Waals surface area contributed by atoms with Crippen molar-refractivity contribution in [3.8, 4) is 0 Å². The predicted octanol–water partition coefficient (Wildman–Crippen LogP) is 1.86. The average Bonchev–Trinajstić information content (AvgIpc) is 2.83. The van der Waals surface area contributed by atoms with E-state index >= 15 is 0 Å². The molecule has 1 heterocycles. The van der Waals surface area contributed by atoms with Crippen molar-refractivity contribution >= 4 is 18.6 Å². The van der Waals surface area contributed by atoms with Crippen LogP contribution in [0.3, 0.4) is 0 Å². The molecule has 2 rings (SSSR count). The molecule has 0 bridgehead atoms. The molecule has 1 aromatic rings. The van der Waals surface area contributed by atoms with Crippen LogP contribution >= 0.6 is 12.6 Å². The van der Waals surface area contributed by atoms with Gasteiger partial charge in [0.15, 0.2) is 0 Å². The topological polar surface area (TPSA) is 35.5 Å². The highest BCUT2D eigenvalue weighted by atomic mass is 32.1. The number of esters is 1. The van der Waals surface area contributed by atoms with Crippen LogP contribution in [0.1, 0.15) is 12.0 Å². The lowest BCUT2D eigenvalue weighted by Crippen LogP contribution is -2.26. The minimum absolute atomic E-state index is 0.0899. The van der Waals surface area contributed by atoms with Crippen molar-refractivity contribution in [3.05, 3.63) is 35.9 Å². The Labute approximate surface area is 107 Å². The van der Waals surface area contributed by atoms with E-state index in [9.17, 15) is 4.79 Å². The fraction of sp³-hybridized carbons (Fsp3) is 0.462. The molecule has 0 saturated carbocycles. The number of hydrogen-bond donors (Lipinski definition) is 1. The van der Waals surface area contributed by atoms with Crippen molar-refractivity contribution in [2.24, 2.45) is 0 Å². The van der Waals surface area contributed by atoms with Crippen LogP contribution in [0, 0.1) is 0 Å². The third kappa shape index (κ3) is 3.75. The Morgan fingerprint density at radius 1 is 1.47 bits per heavy atom. The van der Waals surface area contributed by atoms with Gasteiger partial charge in [-0.3, -0.25) is 4.79 Å². The molecule has 0 aliphatic carbocycles. The molecular weight excluding hydrogens is 236 g/mol. The van der Waals surface area contributed by atoms with Gasteiger partial charge in [-0.1, -0.05) is 30.3 Å². The molecule has 2 atom stereocenters. The zero-order valence-electron chi connectivity index (χ0n) is 9.54. The Hall–Kier alpha value is -1.00. The summed E-state index contributed by atoms with van der Waals surface area (Å²) < 4.78 is 10.5. The normalized spacial score (nSPS) is 21.1. The minimum atomic E-state index is -0.405. The van der Waals surface area contributed by atoms with Crippen molar-refractivity contribution in [1.82, 2.24) is 0 Å². The first-order valence-electron chi connectivity index (χ1n) is 5.76. The summed E-state index contributed by atoms with van der Waals surface area (Å²) in [7, 11) is 0. The second-order valence-electron chi connectivity index (χ2n) is 4.13. The number of thiol groups is 1. The van der Waals surface area contributed by atoms with Gasteiger partial charge in [-0.25, -0.2) is 0 Å². The summed E-state index contributed by atoms with van der Waals surface area (Å²) in [4.78, 5) is 11.7. The lowest BCUT2D eigenvalue weighted by molar-refractivity contribution is -0.148. The quantitative estimate of drug-likeness (QED) is 0.656. The molecule has 0 amide bonds. The molecule has 4 heteroatoms. The summed E-state index contributed by atoms with van der Waals surface area (Å²) in [5.41, 5.74) is 1.09. The van der Waals surface area contributed by atoms with E-state index in [4.69, 9.17) is 9.47 Å². The van der Waals surface area contributed by atoms with Crippen molar-refractivity contribution in [2.75, 3.05) is 13.2 Å². The number of carbonyl (C=O) groups excluding carboxylic acids is 1. The largest absolute Gasteiger partial charge is 0.459 e. The van der Waals surface area contributed by atoms with E-state index in [-0.39, 0.29) is 12.1 Å². The molecular formula is C13H16O3S. The zero-order chi connectivity index (χ0) is 12.1. The smallest absolute Gasteiger partial charge is 0.319 e. The molecule has 0 spiro atoms. The van der Waals surface area contributed by atoms with Gasteiger partial charge in [-0.15, -0.1) is 0 Å². The molecule has 1 aliphatic rings. The molecule has 1 fully saturated rings. The van der Waals surface area contributed by atoms with E-state index in [2.05, 4.69) is 12.6 Å². The fourth-order valence-electron chi connectivity index (χ4n) is 1.77. The van der Waals surface area contributed by atoms with Gasteiger partial charge in [0.25, 0.3) is 0 Å². The second kappa shape index (κ2) is 6.07. The lowest BCUT2D eigenvalue weighted by atomic mass is 10.1. The molecule has 0 aromatic heterocycles. The van der Waals surface area contributed by atoms with Crippen LogP contribution in [0.4, 0.5) is 0 Å². The van der Waals surface area contributed by atoms with E-state index in [1.165, 1.54) is 0 Å². The Morgan fingerprint density at radius 3 is 2.88 bits per heavy atom. The highest BCUT2D eigenvalue weighted by Crippen LogP contribution is 2.14. The van der Waals surface area contributed by atoms with Crippen molar-refractivity contribution in [3.63, 3.8) is 0 Å². The first-order valence-corrected chi connectivity index (χ1v) is 6.27. The third-order valence-corrected chi connectivity index (χ3v) is 3.11. The van der Waals surface area contributed by atoms with Gasteiger partial charge in [0.2, 0.25) is 0 Å². The van der Waals surface area contributed by atoms with Crippen LogP contribution < -0.4 is 0 Å². The Balaban J connectivity index is 1.82. The van der Waals surface area contributed by atoms with Gasteiger partial charge in [-0.05, 0) is 12.0 Å². The lowest BCUT2D eigenvalue weighted by Gasteiger charge is -2.14. The zero-order valence-corrected chi connectivity index (χ0v) is 10.4. The van der Waals surface area contributed by atoms with Gasteiger partial charge >= 0.3 is 5.97 Å². The number of carbonyl (C=O) groups is 1. The van der Waals surface area contributed by atoms with Crippen LogP contribution in [-0.2, 0) is 20.7 Å². The summed E-state index contributed by atoms with van der Waals surface area (Å²) in [6.45, 7) is 1.19. The van der Waals surface area contributed by atoms with Crippen molar-refractivity contribution < 1.29 is 14.3 Å². The number of rotatable bonds is 4. The second-order valence-corrected chi connectivity index (χ2v) is 4.75. The van der Waals surface area contributed by atoms with Crippen LogP contribution in [0.2, 0.25) is 0 Å². The summed E-state index contributed by atoms with van der Waals surface area (Å²) >= 11 is 4.29. The van der Waals surface area contributed by atoms with E-state index in [0.29, 0.717) is 19.6 Å². The fourth-order valence-corrected chi connectivity index (χ4v) is 2.04. The third-order valence-electron chi connectivity index (χ3n) is 2.71. The van der Waals surface area contributed by atoms with Gasteiger partial charge in [0.05, 0.1) is 13.2 Å². The van der Waals surface area contributed by atoms with Gasteiger partial charge in [0, 0.05) is 6.42 Å². The maximum Gasteiger partial charge on any atom is 0.319 e. The van der Waals surface area contributed by atoms with E-state index < -0.39 is 5.25 Å². The molecule has 2 unspecified atom stereocenters. The summed E-state index contributed by atoms with van der Waals surface area (Å²) in [6, 6.07) is 9.81. The van der Waals surface area contributed by atoms with E-state index in [0.717, 1.165) is 12.0 Å². The molecule has 0 radical (unpaired) electrons. The van der Waals surface area contributed by atoms with E-state index in [1.54, 1.807) is 0 Å². The van der Waals surface area contributed by atoms with Gasteiger partial charge < -0.3 is 9.47 Å². The van der Waals surface area contributed by atoms with Gasteiger partial charge in [0.1, 0.15) is 11.4 Å². The van der Waals surface area contributed by atoms with Crippen molar-refractivity contribution in [1.29, 1.82) is 0 Å². The van der Waals surface area contributed by atoms with E-state index in [1.807, 2.05) is 30.3 Å². The Morgan fingerprint density at radius 2 is 2.24 bits per heavy atom. The SMILES string of the molecule is O=C(OC1CCOC1)C(S)Cc1ccccc1. The maximum atomic E-state index is 11.7. The molecule has 17 heavy (non-hydrogen) atoms. The first kappa shape index (κ1) is 12.5. The number of benzene rings is 1.